The van der Waals surface area contributed by atoms with E-state index in [4.69, 9.17) is 15.9 Å². The maximum Gasteiger partial charge on any atom is 0.387 e. The zero-order chi connectivity index (χ0) is 25.5. The number of carbonyl (C=O) groups excluding carboxylic acids is 1. The number of Topliss-reactive ketones (excluding diaryl/α,β-unsaturated/α-hetero) is 1. The summed E-state index contributed by atoms with van der Waals surface area (Å²) in [6, 6.07) is 7.61. The number of alkyl halides is 2. The van der Waals surface area contributed by atoms with Gasteiger partial charge in [-0.25, -0.2) is 0 Å². The van der Waals surface area contributed by atoms with Gasteiger partial charge in [-0.05, 0) is 52.3 Å². The van der Waals surface area contributed by atoms with Crippen molar-refractivity contribution in [3.05, 3.63) is 53.3 Å². The van der Waals surface area contributed by atoms with Gasteiger partial charge >= 0.3 is 6.61 Å². The molecule has 0 spiro atoms. The normalized spacial score (nSPS) is 15.6. The smallest absolute Gasteiger partial charge is 0.387 e. The van der Waals surface area contributed by atoms with E-state index in [1.165, 1.54) is 44.3 Å². The van der Waals surface area contributed by atoms with Crippen molar-refractivity contribution >= 4 is 17.2 Å². The highest BCUT2D eigenvalue weighted by Gasteiger charge is 2.27. The number of nitrogens with two attached hydrogens (primary N) is 1. The molecule has 34 heavy (non-hydrogen) atoms. The highest BCUT2D eigenvalue weighted by molar-refractivity contribution is 6.13. The Bertz CT molecular complexity index is 987. The van der Waals surface area contributed by atoms with Crippen molar-refractivity contribution in [2.45, 2.75) is 58.4 Å². The quantitative estimate of drug-likeness (QED) is 0.337. The summed E-state index contributed by atoms with van der Waals surface area (Å²) in [5, 5.41) is 21.5. The maximum atomic E-state index is 12.4. The first-order valence-corrected chi connectivity index (χ1v) is 10.9. The number of benzene rings is 1. The van der Waals surface area contributed by atoms with Crippen LogP contribution >= 0.6 is 0 Å². The molecule has 1 unspecified atom stereocenters. The Labute approximate surface area is 198 Å². The molecule has 2 aromatic rings. The zero-order valence-electron chi connectivity index (χ0n) is 19.8. The Morgan fingerprint density at radius 2 is 2.03 bits per heavy atom. The topological polar surface area (TPSA) is 131 Å². The van der Waals surface area contributed by atoms with Crippen molar-refractivity contribution in [3.63, 3.8) is 0 Å². The van der Waals surface area contributed by atoms with Crippen LogP contribution in [0.2, 0.25) is 0 Å². The Morgan fingerprint density at radius 3 is 2.53 bits per heavy atom. The molecule has 1 aliphatic rings. The van der Waals surface area contributed by atoms with E-state index in [0.717, 1.165) is 19.6 Å². The second-order valence-electron chi connectivity index (χ2n) is 8.71. The molecule has 1 aromatic heterocycles. The lowest BCUT2D eigenvalue weighted by atomic mass is 9.96. The SMILES string of the molecule is CC(C)Nc1cc(C(=O)C(C)(C)O)cnc1C(=N)c1cccc(OC(F)F)c1.NC1CCOC1. The van der Waals surface area contributed by atoms with Crippen molar-refractivity contribution in [1.82, 2.24) is 4.98 Å². The van der Waals surface area contributed by atoms with Crippen LogP contribution in [0.5, 0.6) is 5.75 Å². The van der Waals surface area contributed by atoms with Gasteiger partial charge < -0.3 is 25.6 Å². The highest BCUT2D eigenvalue weighted by atomic mass is 19.3. The standard InChI is InChI=1S/C20H23F2N3O3.C4H9NO/c1-11(2)25-15-9-13(18(26)20(3,4)27)10-24-17(15)16(23)12-6-5-7-14(8-12)28-19(21)22;5-4-1-2-6-3-4/h5-11,19,23,25,27H,1-4H3;4H,1-3,5H2. The summed E-state index contributed by atoms with van der Waals surface area (Å²) < 4.78 is 34.2. The van der Waals surface area contributed by atoms with Gasteiger partial charge in [0.05, 0.1) is 18.0 Å². The van der Waals surface area contributed by atoms with Crippen LogP contribution in [0.4, 0.5) is 14.5 Å². The molecule has 8 nitrogen and oxygen atoms in total. The molecule has 0 radical (unpaired) electrons. The number of nitrogens with zero attached hydrogens (tertiary/aromatic N) is 1. The maximum absolute atomic E-state index is 12.4. The first-order valence-electron chi connectivity index (χ1n) is 10.9. The largest absolute Gasteiger partial charge is 0.435 e. The molecule has 2 heterocycles. The molecule has 5 N–H and O–H groups in total. The molecule has 0 saturated carbocycles. The lowest BCUT2D eigenvalue weighted by Gasteiger charge is -2.19. The first-order chi connectivity index (χ1) is 15.9. The van der Waals surface area contributed by atoms with Gasteiger partial charge in [-0.1, -0.05) is 12.1 Å². The van der Waals surface area contributed by atoms with E-state index >= 15 is 0 Å². The lowest BCUT2D eigenvalue weighted by Crippen LogP contribution is -2.31. The van der Waals surface area contributed by atoms with Gasteiger partial charge in [0, 0.05) is 36.0 Å². The Morgan fingerprint density at radius 1 is 1.32 bits per heavy atom. The third kappa shape index (κ3) is 8.12. The van der Waals surface area contributed by atoms with E-state index in [9.17, 15) is 18.7 Å². The number of hydrogen-bond acceptors (Lipinski definition) is 8. The van der Waals surface area contributed by atoms with Gasteiger partial charge in [-0.3, -0.25) is 15.2 Å². The van der Waals surface area contributed by atoms with E-state index in [1.54, 1.807) is 6.07 Å². The number of aliphatic hydroxyl groups is 1. The number of aromatic nitrogens is 1. The van der Waals surface area contributed by atoms with Crippen molar-refractivity contribution in [3.8, 4) is 5.75 Å². The van der Waals surface area contributed by atoms with Gasteiger partial charge in [-0.15, -0.1) is 0 Å². The molecule has 0 bridgehead atoms. The predicted molar refractivity (Wildman–Crippen MR) is 126 cm³/mol. The monoisotopic (exact) mass is 478 g/mol. The van der Waals surface area contributed by atoms with Crippen LogP contribution in [0, 0.1) is 5.41 Å². The first kappa shape index (κ1) is 27.3. The molecule has 0 amide bonds. The van der Waals surface area contributed by atoms with Gasteiger partial charge in [0.2, 0.25) is 0 Å². The van der Waals surface area contributed by atoms with E-state index in [2.05, 4.69) is 15.0 Å². The predicted octanol–water partition coefficient (Wildman–Crippen LogP) is 3.61. The van der Waals surface area contributed by atoms with Crippen LogP contribution in [-0.2, 0) is 4.74 Å². The molecular weight excluding hydrogens is 446 g/mol. The van der Waals surface area contributed by atoms with Crippen molar-refractivity contribution in [1.29, 1.82) is 5.41 Å². The van der Waals surface area contributed by atoms with Crippen LogP contribution in [-0.4, -0.2) is 59.1 Å². The fourth-order valence-electron chi connectivity index (χ4n) is 3.08. The lowest BCUT2D eigenvalue weighted by molar-refractivity contribution is -0.0498. The number of ketones is 1. The minimum absolute atomic E-state index is 0.0191. The number of nitrogens with one attached hydrogen (secondary N) is 2. The molecule has 10 heteroatoms. The van der Waals surface area contributed by atoms with Crippen molar-refractivity contribution < 1.29 is 28.2 Å². The second kappa shape index (κ2) is 12.0. The third-order valence-corrected chi connectivity index (χ3v) is 4.70. The van der Waals surface area contributed by atoms with Crippen LogP contribution in [0.3, 0.4) is 0 Å². The van der Waals surface area contributed by atoms with Gasteiger partial charge in [0.25, 0.3) is 0 Å². The van der Waals surface area contributed by atoms with E-state index in [1.807, 2.05) is 13.8 Å². The number of rotatable bonds is 8. The van der Waals surface area contributed by atoms with Crippen LogP contribution in [0.15, 0.2) is 36.5 Å². The van der Waals surface area contributed by atoms with Gasteiger partial charge in [0.1, 0.15) is 17.0 Å². The Balaban J connectivity index is 0.000000589. The summed E-state index contributed by atoms with van der Waals surface area (Å²) in [4.78, 5) is 16.6. The third-order valence-electron chi connectivity index (χ3n) is 4.70. The molecule has 1 aliphatic heterocycles. The number of hydrogen-bond donors (Lipinski definition) is 4. The van der Waals surface area contributed by atoms with Crippen molar-refractivity contribution in [2.24, 2.45) is 5.73 Å². The van der Waals surface area contributed by atoms with Crippen molar-refractivity contribution in [2.75, 3.05) is 18.5 Å². The summed E-state index contributed by atoms with van der Waals surface area (Å²) >= 11 is 0. The summed E-state index contributed by atoms with van der Waals surface area (Å²) in [5.41, 5.74) is 5.02. The fraction of sp³-hybridized carbons (Fsp3) is 0.458. The van der Waals surface area contributed by atoms with Gasteiger partial charge in [-0.2, -0.15) is 8.78 Å². The summed E-state index contributed by atoms with van der Waals surface area (Å²) in [7, 11) is 0. The van der Waals surface area contributed by atoms with Crippen LogP contribution in [0.1, 0.15) is 55.7 Å². The molecule has 0 aliphatic carbocycles. The molecule has 1 atom stereocenters. The average Bonchev–Trinajstić information content (AvgIpc) is 3.22. The number of anilines is 1. The number of ether oxygens (including phenoxy) is 2. The molecule has 3 rings (SSSR count). The molecule has 1 fully saturated rings. The van der Waals surface area contributed by atoms with E-state index in [0.29, 0.717) is 17.3 Å². The van der Waals surface area contributed by atoms with Crippen LogP contribution in [0.25, 0.3) is 0 Å². The molecule has 1 saturated heterocycles. The van der Waals surface area contributed by atoms with E-state index < -0.39 is 18.0 Å². The van der Waals surface area contributed by atoms with Gasteiger partial charge in [0.15, 0.2) is 5.78 Å². The minimum atomic E-state index is -2.96. The zero-order valence-corrected chi connectivity index (χ0v) is 19.8. The number of carbonyl (C=O) groups is 1. The Hall–Kier alpha value is -2.95. The summed E-state index contributed by atoms with van der Waals surface area (Å²) in [5.74, 6) is -0.568. The average molecular weight is 479 g/mol. The molecule has 186 valence electrons. The summed E-state index contributed by atoms with van der Waals surface area (Å²) in [6.07, 6.45) is 2.33. The van der Waals surface area contributed by atoms with Crippen LogP contribution < -0.4 is 15.8 Å². The van der Waals surface area contributed by atoms with E-state index in [-0.39, 0.29) is 28.8 Å². The molecule has 1 aromatic carbocycles. The summed E-state index contributed by atoms with van der Waals surface area (Å²) in [6.45, 7) is 5.20. The fourth-order valence-corrected chi connectivity index (χ4v) is 3.08. The number of halogens is 2. The minimum Gasteiger partial charge on any atom is -0.435 e. The highest BCUT2D eigenvalue weighted by Crippen LogP contribution is 2.24. The number of pyridine rings is 1. The molecular formula is C24H32F2N4O4. The second-order valence-corrected chi connectivity index (χ2v) is 8.71. The Kier molecular flexibility index (Phi) is 9.60.